The summed E-state index contributed by atoms with van der Waals surface area (Å²) >= 11 is 0. The molecule has 0 amide bonds. The van der Waals surface area contributed by atoms with Crippen molar-refractivity contribution in [1.29, 1.82) is 0 Å². The van der Waals surface area contributed by atoms with Crippen molar-refractivity contribution in [3.8, 4) is 0 Å². The first kappa shape index (κ1) is 14.8. The van der Waals surface area contributed by atoms with Gasteiger partial charge >= 0.3 is 0 Å². The van der Waals surface area contributed by atoms with Gasteiger partial charge in [-0.1, -0.05) is 67.9 Å². The Kier molecular flexibility index (Phi) is 5.82. The Labute approximate surface area is 123 Å². The van der Waals surface area contributed by atoms with Crippen molar-refractivity contribution in [3.05, 3.63) is 71.3 Å². The number of unbranched alkanes of at least 4 members (excludes halogenated alkanes) is 1. The van der Waals surface area contributed by atoms with E-state index in [1.54, 1.807) is 0 Å². The number of hydrogen-bond donors (Lipinski definition) is 1. The number of hydrogen-bond acceptors (Lipinski definition) is 1. The molecule has 2 rings (SSSR count). The lowest BCUT2D eigenvalue weighted by molar-refractivity contribution is 0.592. The molecular weight excluding hydrogens is 242 g/mol. The average Bonchev–Trinajstić information content (AvgIpc) is 2.52. The van der Waals surface area contributed by atoms with Crippen molar-refractivity contribution >= 4 is 0 Å². The lowest BCUT2D eigenvalue weighted by Gasteiger charge is -2.17. The monoisotopic (exact) mass is 267 g/mol. The summed E-state index contributed by atoms with van der Waals surface area (Å²) in [4.78, 5) is 0. The van der Waals surface area contributed by atoms with E-state index in [1.807, 2.05) is 7.05 Å². The van der Waals surface area contributed by atoms with E-state index in [9.17, 15) is 0 Å². The number of benzene rings is 2. The molecule has 0 saturated carbocycles. The van der Waals surface area contributed by atoms with Gasteiger partial charge in [0.2, 0.25) is 0 Å². The third kappa shape index (κ3) is 4.21. The van der Waals surface area contributed by atoms with Gasteiger partial charge in [-0.15, -0.1) is 0 Å². The van der Waals surface area contributed by atoms with E-state index in [2.05, 4.69) is 66.8 Å². The average molecular weight is 267 g/mol. The van der Waals surface area contributed by atoms with Crippen LogP contribution in [0.1, 0.15) is 42.5 Å². The maximum Gasteiger partial charge on any atom is 0.0358 e. The van der Waals surface area contributed by atoms with Crippen LogP contribution in [0.3, 0.4) is 0 Å². The zero-order valence-corrected chi connectivity index (χ0v) is 12.6. The highest BCUT2D eigenvalue weighted by Gasteiger charge is 2.09. The van der Waals surface area contributed by atoms with E-state index in [0.29, 0.717) is 6.04 Å². The fourth-order valence-corrected chi connectivity index (χ4v) is 2.53. The lowest BCUT2D eigenvalue weighted by atomic mass is 9.97. The first-order valence-electron chi connectivity index (χ1n) is 7.63. The van der Waals surface area contributed by atoms with Crippen molar-refractivity contribution in [1.82, 2.24) is 5.32 Å². The van der Waals surface area contributed by atoms with Crippen molar-refractivity contribution in [2.75, 3.05) is 7.05 Å². The second-order valence-corrected chi connectivity index (χ2v) is 5.38. The van der Waals surface area contributed by atoms with Crippen LogP contribution in [0.5, 0.6) is 0 Å². The van der Waals surface area contributed by atoms with Gasteiger partial charge in [0.15, 0.2) is 0 Å². The molecule has 0 aliphatic heterocycles. The molecule has 1 atom stereocenters. The first-order chi connectivity index (χ1) is 9.83. The molecule has 1 unspecified atom stereocenters. The molecule has 0 aliphatic rings. The fraction of sp³-hybridized carbons (Fsp3) is 0.368. The summed E-state index contributed by atoms with van der Waals surface area (Å²) < 4.78 is 0. The Bertz CT molecular complexity index is 487. The highest BCUT2D eigenvalue weighted by atomic mass is 14.9. The smallest absolute Gasteiger partial charge is 0.0358 e. The van der Waals surface area contributed by atoms with Crippen molar-refractivity contribution in [2.45, 2.75) is 38.6 Å². The minimum atomic E-state index is 0.387. The van der Waals surface area contributed by atoms with Gasteiger partial charge < -0.3 is 5.32 Å². The minimum absolute atomic E-state index is 0.387. The second-order valence-electron chi connectivity index (χ2n) is 5.38. The maximum atomic E-state index is 3.43. The third-order valence-electron chi connectivity index (χ3n) is 3.83. The zero-order valence-electron chi connectivity index (χ0n) is 12.6. The van der Waals surface area contributed by atoms with Gasteiger partial charge in [-0.3, -0.25) is 0 Å². The van der Waals surface area contributed by atoms with Crippen LogP contribution in [0.25, 0.3) is 0 Å². The molecule has 0 aromatic heterocycles. The van der Waals surface area contributed by atoms with Gasteiger partial charge in [0, 0.05) is 6.04 Å². The standard InChI is InChI=1S/C19H25N/c1-3-4-8-16-11-13-18(14-12-16)19(20-2)15-17-9-6-5-7-10-17/h5-7,9-14,19-20H,3-4,8,15H2,1-2H3. The number of rotatable bonds is 7. The molecule has 0 fully saturated rings. The van der Waals surface area contributed by atoms with Gasteiger partial charge in [-0.2, -0.15) is 0 Å². The lowest BCUT2D eigenvalue weighted by Crippen LogP contribution is -2.18. The van der Waals surface area contributed by atoms with Crippen LogP contribution >= 0.6 is 0 Å². The van der Waals surface area contributed by atoms with Gasteiger partial charge in [0.05, 0.1) is 0 Å². The summed E-state index contributed by atoms with van der Waals surface area (Å²) in [7, 11) is 2.04. The molecule has 0 aliphatic carbocycles. The van der Waals surface area contributed by atoms with E-state index in [4.69, 9.17) is 0 Å². The van der Waals surface area contributed by atoms with Gasteiger partial charge in [0.1, 0.15) is 0 Å². The predicted octanol–water partition coefficient (Wildman–Crippen LogP) is 4.53. The molecule has 1 N–H and O–H groups in total. The normalized spacial score (nSPS) is 12.3. The molecule has 0 heterocycles. The molecule has 0 radical (unpaired) electrons. The predicted molar refractivity (Wildman–Crippen MR) is 87.0 cm³/mol. The van der Waals surface area contributed by atoms with Crippen LogP contribution in [0.15, 0.2) is 54.6 Å². The highest BCUT2D eigenvalue weighted by Crippen LogP contribution is 2.19. The first-order valence-corrected chi connectivity index (χ1v) is 7.63. The minimum Gasteiger partial charge on any atom is -0.313 e. The molecule has 0 bridgehead atoms. The third-order valence-corrected chi connectivity index (χ3v) is 3.83. The van der Waals surface area contributed by atoms with Crippen LogP contribution in [0.4, 0.5) is 0 Å². The van der Waals surface area contributed by atoms with Crippen molar-refractivity contribution in [3.63, 3.8) is 0 Å². The van der Waals surface area contributed by atoms with Crippen LogP contribution in [0.2, 0.25) is 0 Å². The van der Waals surface area contributed by atoms with Crippen LogP contribution in [0, 0.1) is 0 Å². The van der Waals surface area contributed by atoms with E-state index in [1.165, 1.54) is 36.0 Å². The molecule has 2 aromatic rings. The molecule has 1 heteroatoms. The summed E-state index contributed by atoms with van der Waals surface area (Å²) in [6, 6.07) is 20.2. The number of aryl methyl sites for hydroxylation is 1. The summed E-state index contributed by atoms with van der Waals surface area (Å²) in [5, 5.41) is 3.43. The Morgan fingerprint density at radius 1 is 0.900 bits per heavy atom. The Morgan fingerprint density at radius 2 is 1.60 bits per heavy atom. The summed E-state index contributed by atoms with van der Waals surface area (Å²) in [5.74, 6) is 0. The SMILES string of the molecule is CCCCc1ccc(C(Cc2ccccc2)NC)cc1. The molecular formula is C19H25N. The Morgan fingerprint density at radius 3 is 2.20 bits per heavy atom. The summed E-state index contributed by atoms with van der Waals surface area (Å²) in [5.41, 5.74) is 4.20. The molecule has 20 heavy (non-hydrogen) atoms. The quantitative estimate of drug-likeness (QED) is 0.777. The van der Waals surface area contributed by atoms with Gasteiger partial charge in [0.25, 0.3) is 0 Å². The summed E-state index contributed by atoms with van der Waals surface area (Å²) in [6.45, 7) is 2.24. The topological polar surface area (TPSA) is 12.0 Å². The summed E-state index contributed by atoms with van der Waals surface area (Å²) in [6.07, 6.45) is 4.76. The highest BCUT2D eigenvalue weighted by molar-refractivity contribution is 5.27. The van der Waals surface area contributed by atoms with Crippen molar-refractivity contribution in [2.24, 2.45) is 0 Å². The van der Waals surface area contributed by atoms with Crippen molar-refractivity contribution < 1.29 is 0 Å². The number of nitrogens with one attached hydrogen (secondary N) is 1. The molecule has 106 valence electrons. The maximum absolute atomic E-state index is 3.43. The van der Waals surface area contributed by atoms with Gasteiger partial charge in [-0.25, -0.2) is 0 Å². The molecule has 2 aromatic carbocycles. The van der Waals surface area contributed by atoms with Crippen LogP contribution in [-0.2, 0) is 12.8 Å². The number of likely N-dealkylation sites (N-methyl/N-ethyl adjacent to an activating group) is 1. The van der Waals surface area contributed by atoms with E-state index < -0.39 is 0 Å². The van der Waals surface area contributed by atoms with E-state index in [0.717, 1.165) is 6.42 Å². The molecule has 0 spiro atoms. The molecule has 1 nitrogen and oxygen atoms in total. The largest absolute Gasteiger partial charge is 0.313 e. The van der Waals surface area contributed by atoms with Crippen LogP contribution in [-0.4, -0.2) is 7.05 Å². The molecule has 0 saturated heterocycles. The van der Waals surface area contributed by atoms with E-state index in [-0.39, 0.29) is 0 Å². The Balaban J connectivity index is 2.04. The zero-order chi connectivity index (χ0) is 14.2. The van der Waals surface area contributed by atoms with Crippen LogP contribution < -0.4 is 5.32 Å². The fourth-order valence-electron chi connectivity index (χ4n) is 2.53. The second kappa shape index (κ2) is 7.86. The van der Waals surface area contributed by atoms with Gasteiger partial charge in [-0.05, 0) is 43.0 Å². The Hall–Kier alpha value is -1.60. The van der Waals surface area contributed by atoms with E-state index >= 15 is 0 Å².